The van der Waals surface area contributed by atoms with Gasteiger partial charge in [0.1, 0.15) is 0 Å². The molecule has 0 saturated carbocycles. The van der Waals surface area contributed by atoms with Gasteiger partial charge in [-0.1, -0.05) is 0 Å². The Bertz CT molecular complexity index is 415. The van der Waals surface area contributed by atoms with Gasteiger partial charge < -0.3 is 9.47 Å². The lowest BCUT2D eigenvalue weighted by Crippen LogP contribution is -2.34. The Hall–Kier alpha value is -0.910. The van der Waals surface area contributed by atoms with E-state index >= 15 is 0 Å². The van der Waals surface area contributed by atoms with Crippen LogP contribution in [0.4, 0.5) is 0 Å². The predicted octanol–water partition coefficient (Wildman–Crippen LogP) is 1.39. The molecule has 2 aliphatic heterocycles. The molecule has 3 heterocycles. The summed E-state index contributed by atoms with van der Waals surface area (Å²) in [7, 11) is 0. The van der Waals surface area contributed by atoms with E-state index in [1.807, 2.05) is 6.20 Å². The summed E-state index contributed by atoms with van der Waals surface area (Å²) in [6.07, 6.45) is 3.11. The molecule has 5 heteroatoms. The molecule has 0 aliphatic carbocycles. The Morgan fingerprint density at radius 2 is 2.35 bits per heavy atom. The number of nitrogens with zero attached hydrogens (tertiary/aromatic N) is 3. The standard InChI is InChI=1S/C15H25N3O2/c1-2-19-12-14-8-17(7-13-4-6-20-11-13)10-15-3-5-16-18(15)9-14/h3,5,13-14H,2,4,6-12H2,1H3/t13-,14-/m0/s1. The van der Waals surface area contributed by atoms with Gasteiger partial charge in [0.15, 0.2) is 0 Å². The van der Waals surface area contributed by atoms with Crippen molar-refractivity contribution >= 4 is 0 Å². The third-order valence-electron chi connectivity index (χ3n) is 4.24. The van der Waals surface area contributed by atoms with Gasteiger partial charge in [-0.15, -0.1) is 0 Å². The van der Waals surface area contributed by atoms with Crippen LogP contribution in [-0.2, 0) is 22.6 Å². The highest BCUT2D eigenvalue weighted by Crippen LogP contribution is 2.20. The number of hydrogen-bond donors (Lipinski definition) is 0. The monoisotopic (exact) mass is 279 g/mol. The highest BCUT2D eigenvalue weighted by molar-refractivity contribution is 5.02. The summed E-state index contributed by atoms with van der Waals surface area (Å²) in [5.74, 6) is 1.22. The largest absolute Gasteiger partial charge is 0.381 e. The molecule has 20 heavy (non-hydrogen) atoms. The zero-order valence-electron chi connectivity index (χ0n) is 12.3. The topological polar surface area (TPSA) is 39.5 Å². The molecule has 2 atom stereocenters. The summed E-state index contributed by atoms with van der Waals surface area (Å²) >= 11 is 0. The average Bonchev–Trinajstić information content (AvgIpc) is 3.06. The van der Waals surface area contributed by atoms with Gasteiger partial charge in [-0.2, -0.15) is 5.10 Å². The maximum absolute atomic E-state index is 5.65. The molecule has 0 aromatic carbocycles. The fourth-order valence-corrected chi connectivity index (χ4v) is 3.24. The van der Waals surface area contributed by atoms with E-state index in [1.54, 1.807) is 0 Å². The third kappa shape index (κ3) is 3.40. The molecule has 0 amide bonds. The normalized spacial score (nSPS) is 27.4. The number of ether oxygens (including phenoxy) is 2. The van der Waals surface area contributed by atoms with Crippen molar-refractivity contribution < 1.29 is 9.47 Å². The molecule has 112 valence electrons. The Morgan fingerprint density at radius 3 is 3.15 bits per heavy atom. The molecule has 0 bridgehead atoms. The maximum Gasteiger partial charge on any atom is 0.0524 e. The third-order valence-corrected chi connectivity index (χ3v) is 4.24. The first-order valence-corrected chi connectivity index (χ1v) is 7.73. The van der Waals surface area contributed by atoms with Crippen molar-refractivity contribution in [3.63, 3.8) is 0 Å². The number of hydrogen-bond acceptors (Lipinski definition) is 4. The van der Waals surface area contributed by atoms with E-state index in [-0.39, 0.29) is 0 Å². The molecule has 1 aromatic rings. The van der Waals surface area contributed by atoms with E-state index in [0.717, 1.165) is 52.6 Å². The van der Waals surface area contributed by atoms with Gasteiger partial charge in [-0.3, -0.25) is 9.58 Å². The number of fused-ring (bicyclic) bond motifs is 1. The lowest BCUT2D eigenvalue weighted by Gasteiger charge is -2.25. The number of rotatable bonds is 5. The molecular weight excluding hydrogens is 254 g/mol. The van der Waals surface area contributed by atoms with Crippen LogP contribution in [0.25, 0.3) is 0 Å². The van der Waals surface area contributed by atoms with Crippen LogP contribution >= 0.6 is 0 Å². The molecule has 1 saturated heterocycles. The molecule has 1 fully saturated rings. The quantitative estimate of drug-likeness (QED) is 0.816. The Morgan fingerprint density at radius 1 is 1.40 bits per heavy atom. The molecular formula is C15H25N3O2. The minimum absolute atomic E-state index is 0.526. The second kappa shape index (κ2) is 6.70. The molecule has 1 aromatic heterocycles. The van der Waals surface area contributed by atoms with E-state index in [0.29, 0.717) is 11.8 Å². The van der Waals surface area contributed by atoms with Gasteiger partial charge >= 0.3 is 0 Å². The van der Waals surface area contributed by atoms with Crippen molar-refractivity contribution in [3.8, 4) is 0 Å². The van der Waals surface area contributed by atoms with Gasteiger partial charge in [-0.25, -0.2) is 0 Å². The van der Waals surface area contributed by atoms with Crippen molar-refractivity contribution in [2.75, 3.05) is 39.5 Å². The molecule has 2 aliphatic rings. The number of aromatic nitrogens is 2. The van der Waals surface area contributed by atoms with Crippen LogP contribution in [0.1, 0.15) is 19.0 Å². The zero-order valence-corrected chi connectivity index (χ0v) is 12.3. The molecule has 0 radical (unpaired) electrons. The minimum Gasteiger partial charge on any atom is -0.381 e. The van der Waals surface area contributed by atoms with Crippen LogP contribution < -0.4 is 0 Å². The highest BCUT2D eigenvalue weighted by Gasteiger charge is 2.25. The predicted molar refractivity (Wildman–Crippen MR) is 76.4 cm³/mol. The summed E-state index contributed by atoms with van der Waals surface area (Å²) in [6.45, 7) is 9.73. The first-order chi connectivity index (χ1) is 9.85. The lowest BCUT2D eigenvalue weighted by atomic mass is 10.1. The van der Waals surface area contributed by atoms with Crippen LogP contribution in [0.5, 0.6) is 0 Å². The molecule has 3 rings (SSSR count). The molecule has 0 unspecified atom stereocenters. The Kier molecular flexibility index (Phi) is 4.70. The van der Waals surface area contributed by atoms with E-state index in [1.165, 1.54) is 12.1 Å². The molecule has 5 nitrogen and oxygen atoms in total. The van der Waals surface area contributed by atoms with Crippen molar-refractivity contribution in [2.24, 2.45) is 11.8 Å². The van der Waals surface area contributed by atoms with Gasteiger partial charge in [0.25, 0.3) is 0 Å². The Balaban J connectivity index is 1.66. The fourth-order valence-electron chi connectivity index (χ4n) is 3.24. The van der Waals surface area contributed by atoms with E-state index in [4.69, 9.17) is 9.47 Å². The fraction of sp³-hybridized carbons (Fsp3) is 0.800. The second-order valence-electron chi connectivity index (χ2n) is 5.95. The van der Waals surface area contributed by atoms with Crippen LogP contribution in [0.15, 0.2) is 12.3 Å². The zero-order chi connectivity index (χ0) is 13.8. The second-order valence-corrected chi connectivity index (χ2v) is 5.95. The smallest absolute Gasteiger partial charge is 0.0524 e. The van der Waals surface area contributed by atoms with Crippen LogP contribution in [0.2, 0.25) is 0 Å². The molecule has 0 spiro atoms. The van der Waals surface area contributed by atoms with E-state index in [9.17, 15) is 0 Å². The van der Waals surface area contributed by atoms with Crippen molar-refractivity contribution in [2.45, 2.75) is 26.4 Å². The van der Waals surface area contributed by atoms with Gasteiger partial charge in [-0.05, 0) is 25.3 Å². The van der Waals surface area contributed by atoms with Gasteiger partial charge in [0.05, 0.1) is 18.9 Å². The van der Waals surface area contributed by atoms with E-state index in [2.05, 4.69) is 27.7 Å². The first kappa shape index (κ1) is 14.0. The van der Waals surface area contributed by atoms with Crippen molar-refractivity contribution in [1.82, 2.24) is 14.7 Å². The van der Waals surface area contributed by atoms with Crippen molar-refractivity contribution in [3.05, 3.63) is 18.0 Å². The van der Waals surface area contributed by atoms with Crippen LogP contribution in [-0.4, -0.2) is 54.2 Å². The van der Waals surface area contributed by atoms with Gasteiger partial charge in [0, 0.05) is 51.5 Å². The van der Waals surface area contributed by atoms with Crippen molar-refractivity contribution in [1.29, 1.82) is 0 Å². The summed E-state index contributed by atoms with van der Waals surface area (Å²) in [6, 6.07) is 2.14. The summed E-state index contributed by atoms with van der Waals surface area (Å²) in [5.41, 5.74) is 1.32. The first-order valence-electron chi connectivity index (χ1n) is 7.73. The average molecular weight is 279 g/mol. The lowest BCUT2D eigenvalue weighted by molar-refractivity contribution is 0.0807. The SMILES string of the molecule is CCOC[C@H]1CN(C[C@@H]2CCOC2)Cc2ccnn2C1. The minimum atomic E-state index is 0.526. The van der Waals surface area contributed by atoms with Gasteiger partial charge in [0.2, 0.25) is 0 Å². The van der Waals surface area contributed by atoms with E-state index < -0.39 is 0 Å². The summed E-state index contributed by atoms with van der Waals surface area (Å²) in [4.78, 5) is 2.56. The summed E-state index contributed by atoms with van der Waals surface area (Å²) < 4.78 is 13.3. The van der Waals surface area contributed by atoms with Crippen LogP contribution in [0, 0.1) is 11.8 Å². The Labute approximate surface area is 120 Å². The van der Waals surface area contributed by atoms with Crippen LogP contribution in [0.3, 0.4) is 0 Å². The highest BCUT2D eigenvalue weighted by atomic mass is 16.5. The molecule has 0 N–H and O–H groups in total. The maximum atomic E-state index is 5.65. The summed E-state index contributed by atoms with van der Waals surface area (Å²) in [5, 5.41) is 4.45.